The zero-order chi connectivity index (χ0) is 28.1. The van der Waals surface area contributed by atoms with Crippen LogP contribution in [0.25, 0.3) is 11.3 Å². The molecule has 1 aliphatic heterocycles. The molecule has 7 nitrogen and oxygen atoms in total. The van der Waals surface area contributed by atoms with Crippen LogP contribution in [0.3, 0.4) is 0 Å². The lowest BCUT2D eigenvalue weighted by molar-refractivity contribution is -0.132. The Morgan fingerprint density at radius 2 is 1.55 bits per heavy atom. The zero-order valence-corrected chi connectivity index (χ0v) is 22.8. The van der Waals surface area contributed by atoms with Crippen molar-refractivity contribution in [3.8, 4) is 11.3 Å². The highest BCUT2D eigenvalue weighted by Crippen LogP contribution is 2.24. The molecule has 3 aromatic carbocycles. The quantitative estimate of drug-likeness (QED) is 0.301. The molecule has 0 bridgehead atoms. The summed E-state index contributed by atoms with van der Waals surface area (Å²) < 4.78 is 13.2. The lowest BCUT2D eigenvalue weighted by Gasteiger charge is -2.37. The number of hydrogen-bond acceptors (Lipinski definition) is 5. The van der Waals surface area contributed by atoms with Gasteiger partial charge in [0.2, 0.25) is 5.91 Å². The van der Waals surface area contributed by atoms with Crippen LogP contribution in [-0.2, 0) is 4.79 Å². The molecule has 0 N–H and O–H groups in total. The Labute approximate surface area is 237 Å². The smallest absolute Gasteiger partial charge is 0.254 e. The number of rotatable bonds is 7. The van der Waals surface area contributed by atoms with Crippen LogP contribution in [0, 0.1) is 5.82 Å². The first-order chi connectivity index (χ1) is 19.4. The van der Waals surface area contributed by atoms with Gasteiger partial charge in [-0.2, -0.15) is 0 Å². The first-order valence-corrected chi connectivity index (χ1v) is 13.5. The van der Waals surface area contributed by atoms with Crippen LogP contribution in [0.2, 0.25) is 5.02 Å². The summed E-state index contributed by atoms with van der Waals surface area (Å²) in [7, 11) is 0. The molecule has 0 radical (unpaired) electrons. The maximum absolute atomic E-state index is 13.5. The molecular formula is C31H29ClFN5O2. The summed E-state index contributed by atoms with van der Waals surface area (Å²) in [5.41, 5.74) is 2.88. The summed E-state index contributed by atoms with van der Waals surface area (Å²) >= 11 is 6.03. The molecule has 1 saturated heterocycles. The third-order valence-electron chi connectivity index (χ3n) is 7.15. The third-order valence-corrected chi connectivity index (χ3v) is 7.41. The van der Waals surface area contributed by atoms with Crippen molar-refractivity contribution in [1.29, 1.82) is 0 Å². The van der Waals surface area contributed by atoms with Gasteiger partial charge in [-0.1, -0.05) is 41.9 Å². The fourth-order valence-electron chi connectivity index (χ4n) is 4.75. The molecule has 4 aromatic rings. The van der Waals surface area contributed by atoms with Crippen molar-refractivity contribution in [2.24, 2.45) is 0 Å². The number of carbonyl (C=O) groups is 2. The SMILES string of the molecule is CC(c1ccccc1)N(CC(=O)N1CCN(c2ccc(-c3ccc(F)cc3)nn2)CC1)C(=O)c1ccc(Cl)cc1. The van der Waals surface area contributed by atoms with Crippen molar-refractivity contribution in [2.45, 2.75) is 13.0 Å². The van der Waals surface area contributed by atoms with Crippen LogP contribution in [0.4, 0.5) is 10.2 Å². The molecule has 204 valence electrons. The van der Waals surface area contributed by atoms with Gasteiger partial charge in [0.1, 0.15) is 12.4 Å². The second kappa shape index (κ2) is 12.3. The molecule has 1 fully saturated rings. The molecule has 5 rings (SSSR count). The van der Waals surface area contributed by atoms with Crippen molar-refractivity contribution in [3.63, 3.8) is 0 Å². The Balaban J connectivity index is 1.24. The highest BCUT2D eigenvalue weighted by atomic mass is 35.5. The Kier molecular flexibility index (Phi) is 8.36. The average Bonchev–Trinajstić information content (AvgIpc) is 3.00. The number of aromatic nitrogens is 2. The van der Waals surface area contributed by atoms with Gasteiger partial charge in [0.05, 0.1) is 11.7 Å². The normalized spacial score (nSPS) is 14.1. The molecule has 40 heavy (non-hydrogen) atoms. The van der Waals surface area contributed by atoms with Crippen molar-refractivity contribution < 1.29 is 14.0 Å². The van der Waals surface area contributed by atoms with Crippen LogP contribution < -0.4 is 4.90 Å². The van der Waals surface area contributed by atoms with Gasteiger partial charge in [-0.05, 0) is 73.2 Å². The number of carbonyl (C=O) groups excluding carboxylic acids is 2. The monoisotopic (exact) mass is 557 g/mol. The topological polar surface area (TPSA) is 69.6 Å². The molecule has 1 aromatic heterocycles. The molecule has 1 atom stereocenters. The van der Waals surface area contributed by atoms with Crippen molar-refractivity contribution >= 4 is 29.2 Å². The van der Waals surface area contributed by atoms with E-state index in [2.05, 4.69) is 15.1 Å². The van der Waals surface area contributed by atoms with Crippen LogP contribution in [0.5, 0.6) is 0 Å². The van der Waals surface area contributed by atoms with Gasteiger partial charge in [-0.3, -0.25) is 9.59 Å². The van der Waals surface area contributed by atoms with Gasteiger partial charge >= 0.3 is 0 Å². The van der Waals surface area contributed by atoms with Crippen LogP contribution >= 0.6 is 11.6 Å². The predicted molar refractivity (Wildman–Crippen MR) is 154 cm³/mol. The molecule has 0 spiro atoms. The Hall–Kier alpha value is -4.30. The highest BCUT2D eigenvalue weighted by molar-refractivity contribution is 6.30. The lowest BCUT2D eigenvalue weighted by Crippen LogP contribution is -2.52. The van der Waals surface area contributed by atoms with E-state index in [0.717, 1.165) is 16.9 Å². The maximum atomic E-state index is 13.5. The van der Waals surface area contributed by atoms with Crippen molar-refractivity contribution in [1.82, 2.24) is 20.0 Å². The molecule has 1 unspecified atom stereocenters. The summed E-state index contributed by atoms with van der Waals surface area (Å²) in [5.74, 6) is 0.0851. The van der Waals surface area contributed by atoms with Crippen LogP contribution in [-0.4, -0.2) is 64.5 Å². The minimum absolute atomic E-state index is 0.0380. The molecule has 9 heteroatoms. The van der Waals surface area contributed by atoms with E-state index < -0.39 is 0 Å². The second-order valence-electron chi connectivity index (χ2n) is 9.68. The van der Waals surface area contributed by atoms with Gasteiger partial charge in [0, 0.05) is 42.3 Å². The first-order valence-electron chi connectivity index (χ1n) is 13.1. The predicted octanol–water partition coefficient (Wildman–Crippen LogP) is 5.49. The third kappa shape index (κ3) is 6.29. The van der Waals surface area contributed by atoms with E-state index in [1.54, 1.807) is 46.2 Å². The Morgan fingerprint density at radius 3 is 2.17 bits per heavy atom. The fraction of sp³-hybridized carbons (Fsp3) is 0.226. The lowest BCUT2D eigenvalue weighted by atomic mass is 10.1. The van der Waals surface area contributed by atoms with Crippen LogP contribution in [0.15, 0.2) is 91.0 Å². The van der Waals surface area contributed by atoms with Gasteiger partial charge in [-0.15, -0.1) is 10.2 Å². The van der Waals surface area contributed by atoms with Crippen molar-refractivity contribution in [3.05, 3.63) is 113 Å². The van der Waals surface area contributed by atoms with E-state index >= 15 is 0 Å². The minimum atomic E-state index is -0.301. The molecule has 1 aliphatic rings. The van der Waals surface area contributed by atoms with Gasteiger partial charge in [0.15, 0.2) is 5.82 Å². The molecular weight excluding hydrogens is 529 g/mol. The second-order valence-corrected chi connectivity index (χ2v) is 10.1. The molecule has 2 amide bonds. The van der Waals surface area contributed by atoms with Gasteiger partial charge < -0.3 is 14.7 Å². The summed E-state index contributed by atoms with van der Waals surface area (Å²) in [6, 6.07) is 26.0. The Morgan fingerprint density at radius 1 is 0.875 bits per heavy atom. The minimum Gasteiger partial charge on any atom is -0.352 e. The van der Waals surface area contributed by atoms with Gasteiger partial charge in [0.25, 0.3) is 5.91 Å². The summed E-state index contributed by atoms with van der Waals surface area (Å²) in [6.45, 7) is 4.09. The van der Waals surface area contributed by atoms with E-state index in [0.29, 0.717) is 42.5 Å². The highest BCUT2D eigenvalue weighted by Gasteiger charge is 2.29. The summed E-state index contributed by atoms with van der Waals surface area (Å²) in [5, 5.41) is 9.20. The Bertz CT molecular complexity index is 1440. The number of hydrogen-bond donors (Lipinski definition) is 0. The van der Waals surface area contributed by atoms with E-state index in [1.165, 1.54) is 12.1 Å². The number of halogens is 2. The van der Waals surface area contributed by atoms with E-state index in [4.69, 9.17) is 11.6 Å². The number of piperazine rings is 1. The fourth-order valence-corrected chi connectivity index (χ4v) is 4.88. The zero-order valence-electron chi connectivity index (χ0n) is 22.1. The largest absolute Gasteiger partial charge is 0.352 e. The summed E-state index contributed by atoms with van der Waals surface area (Å²) in [6.07, 6.45) is 0. The van der Waals surface area contributed by atoms with Gasteiger partial charge in [-0.25, -0.2) is 4.39 Å². The standard InChI is InChI=1S/C31H29ClFN5O2/c1-22(23-5-3-2-4-6-23)38(31(40)25-7-11-26(32)12-8-25)21-30(39)37-19-17-36(18-20-37)29-16-15-28(34-35-29)24-9-13-27(33)14-10-24/h2-16,22H,17-21H2,1H3. The molecule has 0 saturated carbocycles. The van der Waals surface area contributed by atoms with E-state index in [9.17, 15) is 14.0 Å². The average molecular weight is 558 g/mol. The number of nitrogens with zero attached hydrogens (tertiary/aromatic N) is 5. The van der Waals surface area contributed by atoms with Crippen LogP contribution in [0.1, 0.15) is 28.9 Å². The molecule has 0 aliphatic carbocycles. The molecule has 2 heterocycles. The maximum Gasteiger partial charge on any atom is 0.254 e. The van der Waals surface area contributed by atoms with Crippen molar-refractivity contribution in [2.75, 3.05) is 37.6 Å². The number of benzene rings is 3. The van der Waals surface area contributed by atoms with E-state index in [1.807, 2.05) is 49.4 Å². The van der Waals surface area contributed by atoms with E-state index in [-0.39, 0.29) is 30.2 Å². The summed E-state index contributed by atoms with van der Waals surface area (Å²) in [4.78, 5) is 32.5. The number of anilines is 1. The first kappa shape index (κ1) is 27.3. The number of amides is 2.